The second kappa shape index (κ2) is 6.66. The average Bonchev–Trinajstić information content (AvgIpc) is 2.92. The topological polar surface area (TPSA) is 72.2 Å². The zero-order valence-corrected chi connectivity index (χ0v) is 13.7. The minimum atomic E-state index is -3.54. The summed E-state index contributed by atoms with van der Waals surface area (Å²) in [4.78, 5) is 0.230. The van der Waals surface area contributed by atoms with Crippen LogP contribution in [-0.2, 0) is 16.6 Å². The molecule has 2 rings (SSSR count). The summed E-state index contributed by atoms with van der Waals surface area (Å²) in [5.41, 5.74) is 7.06. The highest BCUT2D eigenvalue weighted by atomic mass is 35.5. The third-order valence-electron chi connectivity index (χ3n) is 3.47. The fourth-order valence-electron chi connectivity index (χ4n) is 2.28. The van der Waals surface area contributed by atoms with Crippen molar-refractivity contribution in [2.45, 2.75) is 36.5 Å². The number of nitrogens with two attached hydrogens (primary N) is 1. The molecule has 1 unspecified atom stereocenters. The van der Waals surface area contributed by atoms with Crippen LogP contribution in [0.5, 0.6) is 0 Å². The molecule has 20 heavy (non-hydrogen) atoms. The zero-order valence-electron chi connectivity index (χ0n) is 11.4. The lowest BCUT2D eigenvalue weighted by Gasteiger charge is -2.14. The maximum atomic E-state index is 12.4. The van der Waals surface area contributed by atoms with Crippen molar-refractivity contribution in [3.05, 3.63) is 28.3 Å². The molecule has 1 aromatic rings. The summed E-state index contributed by atoms with van der Waals surface area (Å²) in [5, 5.41) is 0.768. The Kier molecular flexibility index (Phi) is 5.36. The Balaban J connectivity index is 2.22. The van der Waals surface area contributed by atoms with Crippen molar-refractivity contribution in [3.8, 4) is 0 Å². The Morgan fingerprint density at radius 3 is 2.85 bits per heavy atom. The summed E-state index contributed by atoms with van der Waals surface area (Å²) in [6, 6.07) is 3.20. The molecule has 7 heteroatoms. The van der Waals surface area contributed by atoms with Crippen molar-refractivity contribution in [1.82, 2.24) is 4.72 Å². The third-order valence-corrected chi connectivity index (χ3v) is 6.63. The van der Waals surface area contributed by atoms with E-state index < -0.39 is 10.0 Å². The van der Waals surface area contributed by atoms with Gasteiger partial charge in [0.1, 0.15) is 0 Å². The van der Waals surface area contributed by atoms with E-state index in [0.29, 0.717) is 22.4 Å². The van der Waals surface area contributed by atoms with Crippen molar-refractivity contribution < 1.29 is 8.42 Å². The number of nitrogens with one attached hydrogen (secondary N) is 1. The van der Waals surface area contributed by atoms with Gasteiger partial charge in [0, 0.05) is 23.4 Å². The van der Waals surface area contributed by atoms with Crippen LogP contribution < -0.4 is 10.5 Å². The molecular formula is C13H19ClN2O2S2. The van der Waals surface area contributed by atoms with Gasteiger partial charge in [0.15, 0.2) is 0 Å². The summed E-state index contributed by atoms with van der Waals surface area (Å²) in [6.07, 6.45) is 2.22. The van der Waals surface area contributed by atoms with Gasteiger partial charge in [0.2, 0.25) is 10.0 Å². The van der Waals surface area contributed by atoms with E-state index in [0.717, 1.165) is 24.2 Å². The van der Waals surface area contributed by atoms with Gasteiger partial charge in [-0.2, -0.15) is 11.8 Å². The molecule has 0 aromatic heterocycles. The predicted molar refractivity (Wildman–Crippen MR) is 84.7 cm³/mol. The molecule has 1 atom stereocenters. The summed E-state index contributed by atoms with van der Waals surface area (Å²) in [6.45, 7) is 2.50. The summed E-state index contributed by atoms with van der Waals surface area (Å²) < 4.78 is 27.5. The SMILES string of the molecule is Cc1c(CN)cc(Cl)cc1S(=O)(=O)NCC1CCCS1. The van der Waals surface area contributed by atoms with Gasteiger partial charge in [0.25, 0.3) is 0 Å². The van der Waals surface area contributed by atoms with Crippen LogP contribution in [0.2, 0.25) is 5.02 Å². The highest BCUT2D eigenvalue weighted by molar-refractivity contribution is 8.00. The molecule has 3 N–H and O–H groups in total. The molecule has 0 bridgehead atoms. The smallest absolute Gasteiger partial charge is 0.240 e. The molecule has 1 heterocycles. The Bertz CT molecular complexity index is 584. The second-order valence-corrected chi connectivity index (χ2v) is 8.46. The zero-order chi connectivity index (χ0) is 14.8. The second-order valence-electron chi connectivity index (χ2n) is 4.88. The first-order chi connectivity index (χ1) is 9.44. The van der Waals surface area contributed by atoms with Crippen molar-refractivity contribution in [1.29, 1.82) is 0 Å². The Morgan fingerprint density at radius 2 is 2.25 bits per heavy atom. The van der Waals surface area contributed by atoms with E-state index in [1.807, 2.05) is 11.8 Å². The van der Waals surface area contributed by atoms with Crippen LogP contribution in [0.25, 0.3) is 0 Å². The lowest BCUT2D eigenvalue weighted by molar-refractivity contribution is 0.578. The van der Waals surface area contributed by atoms with Crippen LogP contribution in [-0.4, -0.2) is 26.0 Å². The number of thioether (sulfide) groups is 1. The number of benzene rings is 1. The molecule has 0 saturated carbocycles. The van der Waals surface area contributed by atoms with Gasteiger partial charge < -0.3 is 5.73 Å². The van der Waals surface area contributed by atoms with Gasteiger partial charge in [-0.25, -0.2) is 13.1 Å². The van der Waals surface area contributed by atoms with E-state index in [-0.39, 0.29) is 11.4 Å². The molecule has 112 valence electrons. The Hall–Kier alpha value is -0.270. The van der Waals surface area contributed by atoms with Crippen LogP contribution in [0.3, 0.4) is 0 Å². The highest BCUT2D eigenvalue weighted by Gasteiger charge is 2.22. The van der Waals surface area contributed by atoms with Gasteiger partial charge in [-0.1, -0.05) is 11.6 Å². The van der Waals surface area contributed by atoms with E-state index in [4.69, 9.17) is 17.3 Å². The molecule has 0 aliphatic carbocycles. The fraction of sp³-hybridized carbons (Fsp3) is 0.538. The number of rotatable bonds is 5. The number of halogens is 1. The van der Waals surface area contributed by atoms with Crippen molar-refractivity contribution in [2.24, 2.45) is 5.73 Å². The normalized spacial score (nSPS) is 19.4. The molecule has 4 nitrogen and oxygen atoms in total. The fourth-order valence-corrected chi connectivity index (χ4v) is 5.29. The Labute approximate surface area is 129 Å². The van der Waals surface area contributed by atoms with Gasteiger partial charge in [-0.05, 0) is 48.8 Å². The molecule has 0 amide bonds. The molecule has 1 saturated heterocycles. The monoisotopic (exact) mass is 334 g/mol. The largest absolute Gasteiger partial charge is 0.326 e. The van der Waals surface area contributed by atoms with Crippen molar-refractivity contribution in [3.63, 3.8) is 0 Å². The van der Waals surface area contributed by atoms with Crippen LogP contribution in [0, 0.1) is 6.92 Å². The van der Waals surface area contributed by atoms with Crippen molar-refractivity contribution in [2.75, 3.05) is 12.3 Å². The molecule has 0 radical (unpaired) electrons. The van der Waals surface area contributed by atoms with Gasteiger partial charge in [0.05, 0.1) is 4.90 Å². The van der Waals surface area contributed by atoms with Gasteiger partial charge in [-0.15, -0.1) is 0 Å². The summed E-state index contributed by atoms with van der Waals surface area (Å²) in [7, 11) is -3.54. The maximum absolute atomic E-state index is 12.4. The molecule has 1 aliphatic rings. The molecule has 0 spiro atoms. The van der Waals surface area contributed by atoms with Crippen molar-refractivity contribution >= 4 is 33.4 Å². The Morgan fingerprint density at radius 1 is 1.50 bits per heavy atom. The van der Waals surface area contributed by atoms with E-state index in [1.54, 1.807) is 13.0 Å². The van der Waals surface area contributed by atoms with Crippen LogP contribution in [0.1, 0.15) is 24.0 Å². The third kappa shape index (κ3) is 3.68. The molecule has 1 aromatic carbocycles. The van der Waals surface area contributed by atoms with E-state index in [1.165, 1.54) is 6.07 Å². The molecular weight excluding hydrogens is 316 g/mol. The first-order valence-corrected chi connectivity index (χ1v) is 9.45. The molecule has 1 fully saturated rings. The first kappa shape index (κ1) is 16.1. The lowest BCUT2D eigenvalue weighted by atomic mass is 10.1. The van der Waals surface area contributed by atoms with Gasteiger partial charge in [-0.3, -0.25) is 0 Å². The predicted octanol–water partition coefficient (Wildman–Crippen LogP) is 2.28. The molecule has 1 aliphatic heterocycles. The van der Waals surface area contributed by atoms with E-state index >= 15 is 0 Å². The number of hydrogen-bond donors (Lipinski definition) is 2. The van der Waals surface area contributed by atoms with Crippen LogP contribution in [0.15, 0.2) is 17.0 Å². The van der Waals surface area contributed by atoms with E-state index in [2.05, 4.69) is 4.72 Å². The van der Waals surface area contributed by atoms with Crippen LogP contribution >= 0.6 is 23.4 Å². The summed E-state index contributed by atoms with van der Waals surface area (Å²) in [5.74, 6) is 1.11. The highest BCUT2D eigenvalue weighted by Crippen LogP contribution is 2.27. The number of sulfonamides is 1. The standard InChI is InChI=1S/C13H19ClN2O2S2/c1-9-10(7-15)5-11(14)6-13(9)20(17,18)16-8-12-3-2-4-19-12/h5-6,12,16H,2-4,7-8,15H2,1H3. The first-order valence-electron chi connectivity index (χ1n) is 6.54. The quantitative estimate of drug-likeness (QED) is 0.866. The minimum absolute atomic E-state index is 0.230. The lowest BCUT2D eigenvalue weighted by Crippen LogP contribution is -2.30. The van der Waals surface area contributed by atoms with Crippen LogP contribution in [0.4, 0.5) is 0 Å². The van der Waals surface area contributed by atoms with Gasteiger partial charge >= 0.3 is 0 Å². The average molecular weight is 335 g/mol. The van der Waals surface area contributed by atoms with E-state index in [9.17, 15) is 8.42 Å². The number of hydrogen-bond acceptors (Lipinski definition) is 4. The summed E-state index contributed by atoms with van der Waals surface area (Å²) >= 11 is 7.80. The maximum Gasteiger partial charge on any atom is 0.240 e. The minimum Gasteiger partial charge on any atom is -0.326 e.